The number of benzene rings is 1. The van der Waals surface area contributed by atoms with Gasteiger partial charge in [-0.1, -0.05) is 0 Å². The Morgan fingerprint density at radius 1 is 1.42 bits per heavy atom. The number of hydrogen-bond donors (Lipinski definition) is 1. The highest BCUT2D eigenvalue weighted by atomic mass is 19.4. The Hall–Kier alpha value is -3.75. The van der Waals surface area contributed by atoms with Gasteiger partial charge in [0.05, 0.1) is 29.4 Å². The third kappa shape index (κ3) is 3.51. The van der Waals surface area contributed by atoms with Gasteiger partial charge >= 0.3 is 12.3 Å². The zero-order valence-corrected chi connectivity index (χ0v) is 12.9. The number of nitrogens with zero attached hydrogens (tertiary/aromatic N) is 3. The Bertz CT molecular complexity index is 930. The van der Waals surface area contributed by atoms with Gasteiger partial charge in [0.25, 0.3) is 5.69 Å². The highest BCUT2D eigenvalue weighted by Crippen LogP contribution is 2.34. The summed E-state index contributed by atoms with van der Waals surface area (Å²) in [4.78, 5) is 22.2. The third-order valence-corrected chi connectivity index (χ3v) is 3.18. The number of hydrogen-bond acceptors (Lipinski definition) is 7. The summed E-state index contributed by atoms with van der Waals surface area (Å²) in [6.45, 7) is 0. The van der Waals surface area contributed by atoms with E-state index in [9.17, 15) is 28.1 Å². The molecule has 0 atom stereocenters. The Morgan fingerprint density at radius 3 is 2.58 bits per heavy atom. The molecule has 0 spiro atoms. The van der Waals surface area contributed by atoms with Crippen LogP contribution in [-0.4, -0.2) is 28.9 Å². The van der Waals surface area contributed by atoms with Gasteiger partial charge in [0.1, 0.15) is 17.5 Å². The molecule has 9 nitrogen and oxygen atoms in total. The fourth-order valence-electron chi connectivity index (χ4n) is 2.15. The van der Waals surface area contributed by atoms with Crippen LogP contribution in [0.5, 0.6) is 5.75 Å². The first-order valence-electron chi connectivity index (χ1n) is 6.62. The summed E-state index contributed by atoms with van der Waals surface area (Å²) >= 11 is 0. The van der Waals surface area contributed by atoms with E-state index in [-0.39, 0.29) is 22.6 Å². The summed E-state index contributed by atoms with van der Waals surface area (Å²) in [6.07, 6.45) is -4.01. The van der Waals surface area contributed by atoms with Crippen LogP contribution in [0.4, 0.5) is 24.5 Å². The van der Waals surface area contributed by atoms with E-state index in [0.29, 0.717) is 6.07 Å². The van der Waals surface area contributed by atoms with Crippen LogP contribution in [0.25, 0.3) is 5.69 Å². The average molecular weight is 370 g/mol. The van der Waals surface area contributed by atoms with Crippen molar-refractivity contribution in [3.8, 4) is 17.5 Å². The fourth-order valence-corrected chi connectivity index (χ4v) is 2.15. The number of carbonyl (C=O) groups excluding carboxylic acids is 1. The maximum Gasteiger partial charge on any atom is 0.573 e. The molecule has 0 saturated carbocycles. The van der Waals surface area contributed by atoms with Crippen molar-refractivity contribution >= 4 is 17.3 Å². The van der Waals surface area contributed by atoms with Crippen LogP contribution in [-0.2, 0) is 4.74 Å². The molecular weight excluding hydrogens is 361 g/mol. The lowest BCUT2D eigenvalue weighted by Gasteiger charge is -2.12. The first-order valence-corrected chi connectivity index (χ1v) is 6.62. The predicted octanol–water partition coefficient (Wildman–Crippen LogP) is 2.52. The summed E-state index contributed by atoms with van der Waals surface area (Å²) in [5, 5.41) is 20.3. The molecule has 0 aliphatic rings. The van der Waals surface area contributed by atoms with Crippen molar-refractivity contribution in [1.29, 1.82) is 5.26 Å². The lowest BCUT2D eigenvalue weighted by molar-refractivity contribution is -0.384. The Morgan fingerprint density at radius 2 is 2.08 bits per heavy atom. The molecule has 136 valence electrons. The van der Waals surface area contributed by atoms with E-state index in [0.717, 1.165) is 30.0 Å². The number of halogens is 3. The number of nitrogens with two attached hydrogens (primary N) is 1. The molecule has 12 heteroatoms. The number of nitriles is 1. The van der Waals surface area contributed by atoms with Gasteiger partial charge in [-0.05, 0) is 12.1 Å². The van der Waals surface area contributed by atoms with Crippen LogP contribution in [0.15, 0.2) is 24.4 Å². The first kappa shape index (κ1) is 18.6. The highest BCUT2D eigenvalue weighted by Gasteiger charge is 2.33. The SMILES string of the molecule is COC(=O)c1c(N)c(C#N)cn1-c1ccc(OC(F)(F)F)cc1[N+](=O)[O-]. The molecule has 0 radical (unpaired) electrons. The Labute approximate surface area is 143 Å². The monoisotopic (exact) mass is 370 g/mol. The standard InChI is InChI=1S/C14H9F3N4O5/c1-25-13(22)12-11(19)7(5-18)6-20(12)9-3-2-8(26-14(15,16)17)4-10(9)21(23)24/h2-4,6H,19H2,1H3. The molecule has 0 aliphatic carbocycles. The van der Waals surface area contributed by atoms with Gasteiger partial charge in [-0.3, -0.25) is 10.1 Å². The molecule has 2 aromatic rings. The molecule has 0 aliphatic heterocycles. The normalized spacial score (nSPS) is 10.9. The summed E-state index contributed by atoms with van der Waals surface area (Å²) in [5.74, 6) is -1.82. The molecule has 0 saturated heterocycles. The van der Waals surface area contributed by atoms with Crippen molar-refractivity contribution in [2.45, 2.75) is 6.36 Å². The van der Waals surface area contributed by atoms with Gasteiger partial charge in [0.15, 0.2) is 5.69 Å². The number of nitro benzene ring substituents is 1. The van der Waals surface area contributed by atoms with Gasteiger partial charge in [-0.2, -0.15) is 5.26 Å². The zero-order valence-electron chi connectivity index (χ0n) is 12.9. The van der Waals surface area contributed by atoms with Crippen LogP contribution < -0.4 is 10.5 Å². The van der Waals surface area contributed by atoms with Crippen LogP contribution >= 0.6 is 0 Å². The molecule has 1 aromatic heterocycles. The zero-order chi connectivity index (χ0) is 19.6. The number of anilines is 1. The molecule has 0 amide bonds. The van der Waals surface area contributed by atoms with Gasteiger partial charge in [0, 0.05) is 6.20 Å². The molecular formula is C14H9F3N4O5. The minimum absolute atomic E-state index is 0.171. The lowest BCUT2D eigenvalue weighted by Crippen LogP contribution is -2.17. The van der Waals surface area contributed by atoms with Crippen LogP contribution in [0.2, 0.25) is 0 Å². The van der Waals surface area contributed by atoms with Crippen LogP contribution in [0.3, 0.4) is 0 Å². The van der Waals surface area contributed by atoms with Crippen molar-refractivity contribution in [1.82, 2.24) is 4.57 Å². The minimum Gasteiger partial charge on any atom is -0.464 e. The van der Waals surface area contributed by atoms with Crippen molar-refractivity contribution in [3.05, 3.63) is 45.8 Å². The van der Waals surface area contributed by atoms with Gasteiger partial charge in [-0.15, -0.1) is 13.2 Å². The Balaban J connectivity index is 2.71. The van der Waals surface area contributed by atoms with Crippen molar-refractivity contribution in [2.75, 3.05) is 12.8 Å². The number of rotatable bonds is 4. The number of ether oxygens (including phenoxy) is 2. The number of aromatic nitrogens is 1. The molecule has 1 aromatic carbocycles. The smallest absolute Gasteiger partial charge is 0.464 e. The summed E-state index contributed by atoms with van der Waals surface area (Å²) in [7, 11) is 1.03. The van der Waals surface area contributed by atoms with E-state index < -0.39 is 28.7 Å². The van der Waals surface area contributed by atoms with Crippen LogP contribution in [0, 0.1) is 21.4 Å². The minimum atomic E-state index is -5.04. The predicted molar refractivity (Wildman–Crippen MR) is 79.6 cm³/mol. The van der Waals surface area contributed by atoms with Crippen LogP contribution in [0.1, 0.15) is 16.1 Å². The molecule has 26 heavy (non-hydrogen) atoms. The van der Waals surface area contributed by atoms with E-state index >= 15 is 0 Å². The topological polar surface area (TPSA) is 133 Å². The van der Waals surface area contributed by atoms with Gasteiger partial charge in [-0.25, -0.2) is 4.79 Å². The number of esters is 1. The van der Waals surface area contributed by atoms with Crippen molar-refractivity contribution in [3.63, 3.8) is 0 Å². The van der Waals surface area contributed by atoms with Gasteiger partial charge in [0.2, 0.25) is 0 Å². The Kier molecular flexibility index (Phi) is 4.74. The quantitative estimate of drug-likeness (QED) is 0.496. The van der Waals surface area contributed by atoms with E-state index in [2.05, 4.69) is 9.47 Å². The summed E-state index contributed by atoms with van der Waals surface area (Å²) in [5.41, 5.74) is 3.73. The van der Waals surface area contributed by atoms with E-state index in [1.807, 2.05) is 0 Å². The average Bonchev–Trinajstić information content (AvgIpc) is 2.89. The number of nitrogen functional groups attached to an aromatic ring is 1. The van der Waals surface area contributed by atoms with Crippen molar-refractivity contribution in [2.24, 2.45) is 0 Å². The second kappa shape index (κ2) is 6.63. The molecule has 1 heterocycles. The van der Waals surface area contributed by atoms with E-state index in [4.69, 9.17) is 11.0 Å². The highest BCUT2D eigenvalue weighted by molar-refractivity contribution is 5.96. The fraction of sp³-hybridized carbons (Fsp3) is 0.143. The molecule has 2 N–H and O–H groups in total. The van der Waals surface area contributed by atoms with E-state index in [1.165, 1.54) is 0 Å². The second-order valence-corrected chi connectivity index (χ2v) is 4.73. The number of carbonyl (C=O) groups is 1. The number of methoxy groups -OCH3 is 1. The summed E-state index contributed by atoms with van der Waals surface area (Å²) in [6, 6.07) is 3.97. The maximum atomic E-state index is 12.3. The van der Waals surface area contributed by atoms with Crippen molar-refractivity contribution < 1.29 is 32.4 Å². The summed E-state index contributed by atoms with van der Waals surface area (Å²) < 4.78 is 46.0. The maximum absolute atomic E-state index is 12.3. The molecule has 0 bridgehead atoms. The molecule has 2 rings (SSSR count). The number of alkyl halides is 3. The second-order valence-electron chi connectivity index (χ2n) is 4.73. The number of nitro groups is 1. The van der Waals surface area contributed by atoms with E-state index in [1.54, 1.807) is 6.07 Å². The largest absolute Gasteiger partial charge is 0.573 e. The third-order valence-electron chi connectivity index (χ3n) is 3.18. The molecule has 0 fully saturated rings. The first-order chi connectivity index (χ1) is 12.1. The molecule has 0 unspecified atom stereocenters. The lowest BCUT2D eigenvalue weighted by atomic mass is 10.2. The van der Waals surface area contributed by atoms with Gasteiger partial charge < -0.3 is 19.8 Å².